The fraction of sp³-hybridized carbons (Fsp3) is 0.231. The first-order valence-corrected chi connectivity index (χ1v) is 8.93. The summed E-state index contributed by atoms with van der Waals surface area (Å²) in [5, 5.41) is 7.01. The highest BCUT2D eigenvalue weighted by Gasteiger charge is 2.18. The summed E-state index contributed by atoms with van der Waals surface area (Å²) in [6, 6.07) is 0. The highest BCUT2D eigenvalue weighted by Crippen LogP contribution is 2.30. The summed E-state index contributed by atoms with van der Waals surface area (Å²) in [5.74, 6) is 0. The van der Waals surface area contributed by atoms with E-state index in [1.807, 2.05) is 0 Å². The van der Waals surface area contributed by atoms with Crippen LogP contribution in [0.5, 0.6) is 0 Å². The van der Waals surface area contributed by atoms with E-state index in [0.717, 1.165) is 0 Å². The molecule has 10 nitrogen and oxygen atoms in total. The average Bonchev–Trinajstić information content (AvgIpc) is 2.58. The molecule has 0 radical (unpaired) electrons. The van der Waals surface area contributed by atoms with E-state index in [9.17, 15) is 16.8 Å². The van der Waals surface area contributed by atoms with Gasteiger partial charge in [0.2, 0.25) is 20.6 Å². The molecule has 128 valence electrons. The minimum atomic E-state index is -2.42. The largest absolute Gasteiger partial charge is 0.217 e. The Labute approximate surface area is 144 Å². The molecular formula is C13H10N6O4S2. The third-order valence-electron chi connectivity index (χ3n) is 3.47. The van der Waals surface area contributed by atoms with Crippen LogP contribution in [0.4, 0.5) is 0 Å². The standard InChI is InChI=1S/C13H10N6O4S2/c14-18-16-12-6-10(24(20)21)3-1-8(12)5-9-2-4-11(25(22)23)7-13(9)17-19-15/h1-2,6-7H,3-5H2. The van der Waals surface area contributed by atoms with Crippen molar-refractivity contribution in [3.05, 3.63) is 67.7 Å². The summed E-state index contributed by atoms with van der Waals surface area (Å²) >= 11 is 0. The van der Waals surface area contributed by atoms with Crippen molar-refractivity contribution in [2.24, 2.45) is 10.2 Å². The molecule has 0 aromatic carbocycles. The second-order valence-electron chi connectivity index (χ2n) is 4.88. The van der Waals surface area contributed by atoms with Crippen molar-refractivity contribution in [2.75, 3.05) is 0 Å². The highest BCUT2D eigenvalue weighted by atomic mass is 32.2. The molecule has 0 aromatic rings. The van der Waals surface area contributed by atoms with Crippen LogP contribution in [0.15, 0.2) is 57.1 Å². The van der Waals surface area contributed by atoms with Gasteiger partial charge in [-0.05, 0) is 40.8 Å². The van der Waals surface area contributed by atoms with Crippen molar-refractivity contribution >= 4 is 30.3 Å². The van der Waals surface area contributed by atoms with Crippen LogP contribution in [0, 0.1) is 0 Å². The Morgan fingerprint density at radius 2 is 1.24 bits per heavy atom. The topological polar surface area (TPSA) is 166 Å². The SMILES string of the molecule is [N-]=[N+]=NC1=CC(=S(=O)=O)CC=C1CC1=CCC(=S(=O)=O)C=C1N=[N+]=[N-]. The molecule has 0 unspecified atom stereocenters. The van der Waals surface area contributed by atoms with Crippen LogP contribution in [0.3, 0.4) is 0 Å². The van der Waals surface area contributed by atoms with Gasteiger partial charge in [-0.2, -0.15) is 16.8 Å². The monoisotopic (exact) mass is 378 g/mol. The maximum atomic E-state index is 11.1. The third-order valence-corrected chi connectivity index (χ3v) is 4.89. The Hall–Kier alpha value is -3.04. The molecule has 0 bridgehead atoms. The summed E-state index contributed by atoms with van der Waals surface area (Å²) in [4.78, 5) is 5.55. The fourth-order valence-corrected chi connectivity index (χ4v) is 3.16. The number of azide groups is 2. The van der Waals surface area contributed by atoms with E-state index in [1.54, 1.807) is 12.2 Å². The minimum Gasteiger partial charge on any atom is -0.184 e. The molecule has 12 heteroatoms. The Bertz CT molecular complexity index is 1020. The van der Waals surface area contributed by atoms with Gasteiger partial charge in [-0.15, -0.1) is 0 Å². The van der Waals surface area contributed by atoms with Crippen LogP contribution in [-0.2, 0) is 20.6 Å². The molecule has 2 rings (SSSR count). The lowest BCUT2D eigenvalue weighted by Crippen LogP contribution is -2.08. The average molecular weight is 378 g/mol. The first-order valence-electron chi connectivity index (χ1n) is 6.78. The van der Waals surface area contributed by atoms with Crippen LogP contribution in [-0.4, -0.2) is 26.6 Å². The molecule has 0 fully saturated rings. The maximum Gasteiger partial charge on any atom is 0.217 e. The first kappa shape index (κ1) is 18.3. The number of rotatable bonds is 4. The fourth-order valence-electron chi connectivity index (χ4n) is 2.31. The minimum absolute atomic E-state index is 0.0898. The zero-order valence-electron chi connectivity index (χ0n) is 12.6. The summed E-state index contributed by atoms with van der Waals surface area (Å²) < 4.78 is 44.2. The Balaban J connectivity index is 2.42. The summed E-state index contributed by atoms with van der Waals surface area (Å²) in [6.45, 7) is 0. The van der Waals surface area contributed by atoms with Gasteiger partial charge in [0.05, 0.1) is 9.73 Å². The van der Waals surface area contributed by atoms with Crippen molar-refractivity contribution in [2.45, 2.75) is 19.3 Å². The molecule has 0 aromatic heterocycles. The lowest BCUT2D eigenvalue weighted by molar-refractivity contribution is 0.625. The van der Waals surface area contributed by atoms with E-state index >= 15 is 0 Å². The molecule has 2 aliphatic carbocycles. The molecule has 0 amide bonds. The van der Waals surface area contributed by atoms with Crippen LogP contribution < -0.4 is 0 Å². The lowest BCUT2D eigenvalue weighted by Gasteiger charge is -2.17. The number of hydrogen-bond donors (Lipinski definition) is 0. The molecule has 0 aliphatic heterocycles. The number of allylic oxidation sites excluding steroid dienone is 6. The van der Waals surface area contributed by atoms with E-state index in [0.29, 0.717) is 11.1 Å². The Morgan fingerprint density at radius 1 is 0.840 bits per heavy atom. The Kier molecular flexibility index (Phi) is 5.98. The van der Waals surface area contributed by atoms with Crippen LogP contribution in [0.1, 0.15) is 19.3 Å². The van der Waals surface area contributed by atoms with Gasteiger partial charge >= 0.3 is 0 Å². The molecule has 0 N–H and O–H groups in total. The molecule has 0 atom stereocenters. The summed E-state index contributed by atoms with van der Waals surface area (Å²) in [5.41, 5.74) is 18.7. The predicted molar refractivity (Wildman–Crippen MR) is 92.3 cm³/mol. The zero-order chi connectivity index (χ0) is 18.4. The lowest BCUT2D eigenvalue weighted by atomic mass is 9.92. The van der Waals surface area contributed by atoms with Gasteiger partial charge in [0.15, 0.2) is 0 Å². The molecule has 25 heavy (non-hydrogen) atoms. The van der Waals surface area contributed by atoms with E-state index in [4.69, 9.17) is 11.1 Å². The predicted octanol–water partition coefficient (Wildman–Crippen LogP) is 2.53. The van der Waals surface area contributed by atoms with Gasteiger partial charge in [0.1, 0.15) is 0 Å². The Morgan fingerprint density at radius 3 is 1.56 bits per heavy atom. The highest BCUT2D eigenvalue weighted by molar-refractivity contribution is 7.73. The first-order chi connectivity index (χ1) is 12.0. The second kappa shape index (κ2) is 8.18. The number of hydrogen-bond acceptors (Lipinski definition) is 6. The quantitative estimate of drug-likeness (QED) is 0.317. The van der Waals surface area contributed by atoms with Crippen LogP contribution in [0.25, 0.3) is 20.9 Å². The van der Waals surface area contributed by atoms with E-state index < -0.39 is 20.6 Å². The normalized spacial score (nSPS) is 16.5. The van der Waals surface area contributed by atoms with Crippen LogP contribution in [0.2, 0.25) is 0 Å². The van der Waals surface area contributed by atoms with E-state index in [2.05, 4.69) is 20.1 Å². The molecule has 0 saturated carbocycles. The summed E-state index contributed by atoms with van der Waals surface area (Å²) in [7, 11) is -4.84. The second-order valence-corrected chi connectivity index (χ2v) is 6.87. The molecule has 0 spiro atoms. The molecule has 0 saturated heterocycles. The molecular weight excluding hydrogens is 368 g/mol. The van der Waals surface area contributed by atoms with Crippen LogP contribution >= 0.6 is 0 Å². The van der Waals surface area contributed by atoms with E-state index in [-0.39, 0.29) is 40.4 Å². The molecule has 2 aliphatic rings. The van der Waals surface area contributed by atoms with Gasteiger partial charge < -0.3 is 0 Å². The van der Waals surface area contributed by atoms with E-state index in [1.165, 1.54) is 12.2 Å². The van der Waals surface area contributed by atoms with Gasteiger partial charge in [-0.25, -0.2) is 0 Å². The van der Waals surface area contributed by atoms with Crippen molar-refractivity contribution < 1.29 is 16.8 Å². The zero-order valence-corrected chi connectivity index (χ0v) is 14.2. The van der Waals surface area contributed by atoms with Crippen molar-refractivity contribution in [1.29, 1.82) is 0 Å². The smallest absolute Gasteiger partial charge is 0.184 e. The van der Waals surface area contributed by atoms with Gasteiger partial charge in [0.25, 0.3) is 0 Å². The number of nitrogens with zero attached hydrogens (tertiary/aromatic N) is 6. The molecule has 0 heterocycles. The summed E-state index contributed by atoms with van der Waals surface area (Å²) in [6.07, 6.45) is 6.26. The van der Waals surface area contributed by atoms with Gasteiger partial charge in [-0.3, -0.25) is 0 Å². The third kappa shape index (κ3) is 4.49. The van der Waals surface area contributed by atoms with Gasteiger partial charge in [0, 0.05) is 34.1 Å². The van der Waals surface area contributed by atoms with Crippen molar-refractivity contribution in [3.8, 4) is 0 Å². The maximum absolute atomic E-state index is 11.1. The van der Waals surface area contributed by atoms with Gasteiger partial charge in [-0.1, -0.05) is 22.4 Å². The van der Waals surface area contributed by atoms with Crippen molar-refractivity contribution in [1.82, 2.24) is 0 Å². The van der Waals surface area contributed by atoms with Crippen molar-refractivity contribution in [3.63, 3.8) is 0 Å².